The van der Waals surface area contributed by atoms with Gasteiger partial charge in [0.05, 0.1) is 6.10 Å². The summed E-state index contributed by atoms with van der Waals surface area (Å²) in [5, 5.41) is 8.01. The Hall–Kier alpha value is -1.38. The molecule has 1 amide bonds. The van der Waals surface area contributed by atoms with Crippen LogP contribution in [0.2, 0.25) is 0 Å². The number of nitrogens with two attached hydrogens (primary N) is 1. The normalized spacial score (nSPS) is 21.9. The molecule has 7 nitrogen and oxygen atoms in total. The van der Waals surface area contributed by atoms with E-state index in [-0.39, 0.29) is 22.9 Å². The Kier molecular flexibility index (Phi) is 4.70. The third-order valence-electron chi connectivity index (χ3n) is 3.66. The van der Waals surface area contributed by atoms with Crippen LogP contribution in [0.15, 0.2) is 17.2 Å². The van der Waals surface area contributed by atoms with E-state index < -0.39 is 10.0 Å². The molecule has 1 aliphatic carbocycles. The highest BCUT2D eigenvalue weighted by Crippen LogP contribution is 2.23. The average molecular weight is 315 g/mol. The molecule has 1 fully saturated rings. The van der Waals surface area contributed by atoms with Gasteiger partial charge in [-0.25, -0.2) is 13.6 Å². The quantitative estimate of drug-likeness (QED) is 0.795. The Morgan fingerprint density at radius 2 is 2.19 bits per heavy atom. The van der Waals surface area contributed by atoms with Gasteiger partial charge in [0.1, 0.15) is 10.6 Å². The Morgan fingerprint density at radius 3 is 2.71 bits per heavy atom. The summed E-state index contributed by atoms with van der Waals surface area (Å²) in [5.74, 6) is -0.280. The van der Waals surface area contributed by atoms with E-state index in [0.717, 1.165) is 19.3 Å². The maximum atomic E-state index is 12.3. The van der Waals surface area contributed by atoms with Gasteiger partial charge in [-0.05, 0) is 25.3 Å². The van der Waals surface area contributed by atoms with Gasteiger partial charge in [0.25, 0.3) is 5.91 Å². The molecule has 0 bridgehead atoms. The molecule has 1 heterocycles. The first-order chi connectivity index (χ1) is 9.85. The first kappa shape index (κ1) is 16.0. The van der Waals surface area contributed by atoms with Crippen molar-refractivity contribution in [2.24, 2.45) is 5.14 Å². The average Bonchev–Trinajstić information content (AvgIpc) is 2.77. The summed E-state index contributed by atoms with van der Waals surface area (Å²) < 4.78 is 29.6. The SMILES string of the molecule is CCCn1cc(S(N)(=O)=O)cc1C(=O)NC1CC(OC)C1. The van der Waals surface area contributed by atoms with Gasteiger partial charge in [0, 0.05) is 25.9 Å². The highest BCUT2D eigenvalue weighted by molar-refractivity contribution is 7.89. The monoisotopic (exact) mass is 315 g/mol. The number of ether oxygens (including phenoxy) is 1. The lowest BCUT2D eigenvalue weighted by molar-refractivity contribution is 0.0175. The maximum Gasteiger partial charge on any atom is 0.268 e. The third kappa shape index (κ3) is 3.63. The van der Waals surface area contributed by atoms with Crippen molar-refractivity contribution in [1.29, 1.82) is 0 Å². The zero-order chi connectivity index (χ0) is 15.6. The molecule has 8 heteroatoms. The summed E-state index contributed by atoms with van der Waals surface area (Å²) >= 11 is 0. The molecule has 0 aliphatic heterocycles. The second-order valence-electron chi connectivity index (χ2n) is 5.30. The van der Waals surface area contributed by atoms with Crippen LogP contribution in [0.4, 0.5) is 0 Å². The van der Waals surface area contributed by atoms with Crippen molar-refractivity contribution in [1.82, 2.24) is 9.88 Å². The van der Waals surface area contributed by atoms with Crippen molar-refractivity contribution in [2.75, 3.05) is 7.11 Å². The van der Waals surface area contributed by atoms with E-state index in [1.165, 1.54) is 12.3 Å². The van der Waals surface area contributed by atoms with E-state index in [0.29, 0.717) is 12.2 Å². The van der Waals surface area contributed by atoms with Crippen molar-refractivity contribution in [3.8, 4) is 0 Å². The summed E-state index contributed by atoms with van der Waals surface area (Å²) in [4.78, 5) is 12.2. The molecule has 21 heavy (non-hydrogen) atoms. The first-order valence-corrected chi connectivity index (χ1v) is 8.46. The number of aromatic nitrogens is 1. The fourth-order valence-corrected chi connectivity index (χ4v) is 2.94. The minimum atomic E-state index is -3.81. The second-order valence-corrected chi connectivity index (χ2v) is 6.86. The number of hydrogen-bond acceptors (Lipinski definition) is 4. The summed E-state index contributed by atoms with van der Waals surface area (Å²) in [5.41, 5.74) is 0.321. The molecule has 0 aromatic carbocycles. The zero-order valence-electron chi connectivity index (χ0n) is 12.2. The van der Waals surface area contributed by atoms with Gasteiger partial charge < -0.3 is 14.6 Å². The highest BCUT2D eigenvalue weighted by Gasteiger charge is 2.31. The van der Waals surface area contributed by atoms with E-state index in [9.17, 15) is 13.2 Å². The van der Waals surface area contributed by atoms with Gasteiger partial charge in [0.2, 0.25) is 10.0 Å². The molecule has 0 radical (unpaired) electrons. The molecular weight excluding hydrogens is 294 g/mol. The molecule has 1 aromatic heterocycles. The van der Waals surface area contributed by atoms with Crippen LogP contribution in [0.1, 0.15) is 36.7 Å². The number of nitrogens with one attached hydrogen (secondary N) is 1. The van der Waals surface area contributed by atoms with Crippen molar-refractivity contribution < 1.29 is 17.9 Å². The lowest BCUT2D eigenvalue weighted by atomic mass is 9.89. The lowest BCUT2D eigenvalue weighted by Crippen LogP contribution is -2.47. The van der Waals surface area contributed by atoms with Crippen molar-refractivity contribution in [3.05, 3.63) is 18.0 Å². The van der Waals surface area contributed by atoms with E-state index in [4.69, 9.17) is 9.88 Å². The van der Waals surface area contributed by atoms with E-state index in [1.807, 2.05) is 6.92 Å². The molecule has 0 saturated heterocycles. The maximum absolute atomic E-state index is 12.3. The number of carbonyl (C=O) groups is 1. The Bertz CT molecular complexity index is 617. The molecule has 0 unspecified atom stereocenters. The van der Waals surface area contributed by atoms with Crippen LogP contribution in [0.5, 0.6) is 0 Å². The molecule has 1 aromatic rings. The standard InChI is InChI=1S/C13H21N3O4S/c1-3-4-16-8-11(21(14,18)19)7-12(16)13(17)15-9-5-10(6-9)20-2/h7-10H,3-6H2,1-2H3,(H,15,17)(H2,14,18,19). The fourth-order valence-electron chi connectivity index (χ4n) is 2.39. The predicted molar refractivity (Wildman–Crippen MR) is 77.4 cm³/mol. The van der Waals surface area contributed by atoms with Crippen LogP contribution in [-0.4, -0.2) is 38.1 Å². The number of primary sulfonamides is 1. The van der Waals surface area contributed by atoms with E-state index >= 15 is 0 Å². The molecule has 1 saturated carbocycles. The van der Waals surface area contributed by atoms with Crippen molar-refractivity contribution >= 4 is 15.9 Å². The molecule has 3 N–H and O–H groups in total. The van der Waals surface area contributed by atoms with Crippen LogP contribution >= 0.6 is 0 Å². The van der Waals surface area contributed by atoms with E-state index in [1.54, 1.807) is 11.7 Å². The fraction of sp³-hybridized carbons (Fsp3) is 0.615. The summed E-state index contributed by atoms with van der Waals surface area (Å²) in [6, 6.07) is 1.40. The number of aryl methyl sites for hydroxylation is 1. The minimum absolute atomic E-state index is 0.0375. The van der Waals surface area contributed by atoms with Crippen LogP contribution in [-0.2, 0) is 21.3 Å². The largest absolute Gasteiger partial charge is 0.381 e. The number of nitrogens with zero attached hydrogens (tertiary/aromatic N) is 1. The van der Waals surface area contributed by atoms with E-state index in [2.05, 4.69) is 5.32 Å². The molecule has 0 atom stereocenters. The highest BCUT2D eigenvalue weighted by atomic mass is 32.2. The molecule has 118 valence electrons. The van der Waals surface area contributed by atoms with Crippen molar-refractivity contribution in [3.63, 3.8) is 0 Å². The minimum Gasteiger partial charge on any atom is -0.381 e. The number of sulfonamides is 1. The Morgan fingerprint density at radius 1 is 1.52 bits per heavy atom. The summed E-state index contributed by atoms with van der Waals surface area (Å²) in [6.45, 7) is 2.51. The topological polar surface area (TPSA) is 103 Å². The van der Waals surface area contributed by atoms with Gasteiger partial charge in [-0.2, -0.15) is 0 Å². The number of carbonyl (C=O) groups excluding carboxylic acids is 1. The number of methoxy groups -OCH3 is 1. The van der Waals surface area contributed by atoms with Crippen molar-refractivity contribution in [2.45, 2.75) is 49.8 Å². The molecule has 0 spiro atoms. The number of amides is 1. The van der Waals surface area contributed by atoms with Gasteiger partial charge >= 0.3 is 0 Å². The molecule has 1 aliphatic rings. The van der Waals surface area contributed by atoms with Crippen LogP contribution in [0.3, 0.4) is 0 Å². The van der Waals surface area contributed by atoms with Crippen LogP contribution < -0.4 is 10.5 Å². The van der Waals surface area contributed by atoms with Crippen LogP contribution in [0, 0.1) is 0 Å². The number of hydrogen-bond donors (Lipinski definition) is 2. The summed E-state index contributed by atoms with van der Waals surface area (Å²) in [7, 11) is -2.16. The van der Waals surface area contributed by atoms with Gasteiger partial charge in [-0.1, -0.05) is 6.92 Å². The molecular formula is C13H21N3O4S. The summed E-state index contributed by atoms with van der Waals surface area (Å²) in [6.07, 6.45) is 3.94. The second kappa shape index (κ2) is 6.17. The third-order valence-corrected chi connectivity index (χ3v) is 4.54. The number of rotatable bonds is 6. The first-order valence-electron chi connectivity index (χ1n) is 6.91. The van der Waals surface area contributed by atoms with Crippen LogP contribution in [0.25, 0.3) is 0 Å². The van der Waals surface area contributed by atoms with Gasteiger partial charge in [0.15, 0.2) is 0 Å². The molecule has 2 rings (SSSR count). The lowest BCUT2D eigenvalue weighted by Gasteiger charge is -2.34. The Balaban J connectivity index is 2.14. The zero-order valence-corrected chi connectivity index (χ0v) is 13.0. The predicted octanol–water partition coefficient (Wildman–Crippen LogP) is 0.453. The smallest absolute Gasteiger partial charge is 0.268 e. The van der Waals surface area contributed by atoms with Gasteiger partial charge in [-0.3, -0.25) is 4.79 Å². The Labute approximate surface area is 124 Å². The van der Waals surface area contributed by atoms with Gasteiger partial charge in [-0.15, -0.1) is 0 Å².